The third-order valence-corrected chi connectivity index (χ3v) is 2.65. The summed E-state index contributed by atoms with van der Waals surface area (Å²) in [6.07, 6.45) is 4.02. The Labute approximate surface area is 127 Å². The fourth-order valence-corrected chi connectivity index (χ4v) is 1.05. The highest BCUT2D eigenvalue weighted by Crippen LogP contribution is 2.11. The van der Waals surface area contributed by atoms with Crippen LogP contribution in [0.1, 0.15) is 109 Å². The number of hydrogen-bond acceptors (Lipinski definition) is 0. The quantitative estimate of drug-likeness (QED) is 0.485. The fraction of sp³-hybridized carbons (Fsp3) is 1.00. The molecular formula is C19H48. The van der Waals surface area contributed by atoms with Crippen LogP contribution >= 0.6 is 0 Å². The van der Waals surface area contributed by atoms with Crippen LogP contribution in [0.4, 0.5) is 0 Å². The Hall–Kier alpha value is 0. The SMILES string of the molecule is CC.CC.CC.CCC(C)C(C)C.CCCC(C)C. The molecule has 0 aromatic heterocycles. The van der Waals surface area contributed by atoms with Crippen molar-refractivity contribution in [3.05, 3.63) is 0 Å². The molecule has 0 aliphatic carbocycles. The Morgan fingerprint density at radius 2 is 0.947 bits per heavy atom. The monoisotopic (exact) mass is 276 g/mol. The Balaban J connectivity index is -0.0000000495. The van der Waals surface area contributed by atoms with E-state index in [4.69, 9.17) is 0 Å². The molecule has 0 rings (SSSR count). The van der Waals surface area contributed by atoms with Gasteiger partial charge in [0.05, 0.1) is 0 Å². The van der Waals surface area contributed by atoms with Crippen LogP contribution in [0.25, 0.3) is 0 Å². The van der Waals surface area contributed by atoms with Crippen LogP contribution in [0.15, 0.2) is 0 Å². The van der Waals surface area contributed by atoms with Crippen molar-refractivity contribution in [3.8, 4) is 0 Å². The van der Waals surface area contributed by atoms with E-state index in [-0.39, 0.29) is 0 Å². The first-order valence-corrected chi connectivity index (χ1v) is 8.95. The second kappa shape index (κ2) is 36.1. The average Bonchev–Trinajstić information content (AvgIpc) is 2.45. The molecule has 0 heteroatoms. The fourth-order valence-electron chi connectivity index (χ4n) is 1.05. The van der Waals surface area contributed by atoms with Crippen LogP contribution < -0.4 is 0 Å². The van der Waals surface area contributed by atoms with E-state index in [1.807, 2.05) is 41.5 Å². The maximum Gasteiger partial charge on any atom is -0.0422 e. The minimum Gasteiger partial charge on any atom is -0.0683 e. The molecular weight excluding hydrogens is 228 g/mol. The summed E-state index contributed by atoms with van der Waals surface area (Å²) in [6, 6.07) is 0. The summed E-state index contributed by atoms with van der Waals surface area (Å²) < 4.78 is 0. The molecule has 1 unspecified atom stereocenters. The Morgan fingerprint density at radius 1 is 0.632 bits per heavy atom. The summed E-state index contributed by atoms with van der Waals surface area (Å²) in [5.74, 6) is 2.67. The van der Waals surface area contributed by atoms with Crippen molar-refractivity contribution in [1.29, 1.82) is 0 Å². The first kappa shape index (κ1) is 31.4. The molecule has 0 aliphatic rings. The lowest BCUT2D eigenvalue weighted by Gasteiger charge is -2.10. The molecule has 0 saturated heterocycles. The molecule has 0 amide bonds. The van der Waals surface area contributed by atoms with Crippen molar-refractivity contribution in [3.63, 3.8) is 0 Å². The highest BCUT2D eigenvalue weighted by atomic mass is 14.1. The van der Waals surface area contributed by atoms with E-state index >= 15 is 0 Å². The van der Waals surface area contributed by atoms with Crippen LogP contribution in [-0.4, -0.2) is 0 Å². The second-order valence-corrected chi connectivity index (χ2v) is 4.81. The first-order chi connectivity index (χ1) is 8.95. The van der Waals surface area contributed by atoms with E-state index in [1.165, 1.54) is 19.3 Å². The topological polar surface area (TPSA) is 0 Å². The van der Waals surface area contributed by atoms with Crippen LogP contribution in [0.3, 0.4) is 0 Å². The van der Waals surface area contributed by atoms with Crippen molar-refractivity contribution in [2.75, 3.05) is 0 Å². The van der Waals surface area contributed by atoms with Gasteiger partial charge < -0.3 is 0 Å². The van der Waals surface area contributed by atoms with E-state index < -0.39 is 0 Å². The van der Waals surface area contributed by atoms with Crippen molar-refractivity contribution < 1.29 is 0 Å². The van der Waals surface area contributed by atoms with Gasteiger partial charge in [-0.3, -0.25) is 0 Å². The van der Waals surface area contributed by atoms with Crippen molar-refractivity contribution >= 4 is 0 Å². The maximum atomic E-state index is 2.30. The normalized spacial score (nSPS) is 9.63. The number of hydrogen-bond donors (Lipinski definition) is 0. The predicted octanol–water partition coefficient (Wildman–Crippen LogP) is 8.21. The zero-order valence-corrected chi connectivity index (χ0v) is 16.9. The second-order valence-electron chi connectivity index (χ2n) is 4.81. The zero-order chi connectivity index (χ0) is 16.9. The van der Waals surface area contributed by atoms with Gasteiger partial charge >= 0.3 is 0 Å². The molecule has 0 nitrogen and oxygen atoms in total. The van der Waals surface area contributed by atoms with Gasteiger partial charge in [0.1, 0.15) is 0 Å². The van der Waals surface area contributed by atoms with Gasteiger partial charge in [-0.25, -0.2) is 0 Å². The van der Waals surface area contributed by atoms with Crippen LogP contribution in [0, 0.1) is 17.8 Å². The highest BCUT2D eigenvalue weighted by Gasteiger charge is 2.01. The molecule has 124 valence electrons. The average molecular weight is 277 g/mol. The Bertz CT molecular complexity index is 82.0. The zero-order valence-electron chi connectivity index (χ0n) is 16.9. The van der Waals surface area contributed by atoms with Gasteiger partial charge in [-0.05, 0) is 17.8 Å². The number of rotatable bonds is 4. The van der Waals surface area contributed by atoms with Crippen LogP contribution in [0.2, 0.25) is 0 Å². The van der Waals surface area contributed by atoms with Crippen LogP contribution in [-0.2, 0) is 0 Å². The summed E-state index contributed by atoms with van der Waals surface area (Å²) in [5.41, 5.74) is 0. The summed E-state index contributed by atoms with van der Waals surface area (Å²) in [7, 11) is 0. The standard InChI is InChI=1S/C7H16.C6H14.3C2H6/c1-5-7(4)6(2)3;1-4-5-6(2)3;3*1-2/h6-7H,5H2,1-4H3;6H,4-5H2,1-3H3;3*1-2H3. The Morgan fingerprint density at radius 3 is 0.947 bits per heavy atom. The summed E-state index contributed by atoms with van der Waals surface area (Å²) in [4.78, 5) is 0. The highest BCUT2D eigenvalue weighted by molar-refractivity contribution is 4.52. The van der Waals surface area contributed by atoms with Crippen molar-refractivity contribution in [2.45, 2.75) is 109 Å². The molecule has 1 atom stereocenters. The molecule has 0 spiro atoms. The predicted molar refractivity (Wildman–Crippen MR) is 98.1 cm³/mol. The minimum atomic E-state index is 0.866. The third kappa shape index (κ3) is 56.9. The van der Waals surface area contributed by atoms with Gasteiger partial charge in [0.25, 0.3) is 0 Å². The van der Waals surface area contributed by atoms with Crippen molar-refractivity contribution in [2.24, 2.45) is 17.8 Å². The summed E-state index contributed by atoms with van der Waals surface area (Å²) in [5, 5.41) is 0. The minimum absolute atomic E-state index is 0.866. The molecule has 0 saturated carbocycles. The first-order valence-electron chi connectivity index (χ1n) is 8.95. The lowest BCUT2D eigenvalue weighted by atomic mass is 9.96. The van der Waals surface area contributed by atoms with Gasteiger partial charge in [-0.1, -0.05) is 109 Å². The van der Waals surface area contributed by atoms with E-state index in [2.05, 4.69) is 48.5 Å². The molecule has 0 heterocycles. The summed E-state index contributed by atoms with van der Waals surface area (Å²) in [6.45, 7) is 27.8. The molecule has 0 aromatic carbocycles. The summed E-state index contributed by atoms with van der Waals surface area (Å²) >= 11 is 0. The molecule has 19 heavy (non-hydrogen) atoms. The van der Waals surface area contributed by atoms with Crippen molar-refractivity contribution in [1.82, 2.24) is 0 Å². The molecule has 0 bridgehead atoms. The van der Waals surface area contributed by atoms with E-state index in [0.717, 1.165) is 17.8 Å². The molecule has 0 aliphatic heterocycles. The lowest BCUT2D eigenvalue weighted by Crippen LogP contribution is -2.00. The lowest BCUT2D eigenvalue weighted by molar-refractivity contribution is 0.407. The third-order valence-electron chi connectivity index (χ3n) is 2.65. The molecule has 0 aromatic rings. The van der Waals surface area contributed by atoms with Gasteiger partial charge in [-0.15, -0.1) is 0 Å². The van der Waals surface area contributed by atoms with Gasteiger partial charge in [0, 0.05) is 0 Å². The largest absolute Gasteiger partial charge is 0.0683 e. The maximum absolute atomic E-state index is 2.30. The molecule has 0 N–H and O–H groups in total. The van der Waals surface area contributed by atoms with E-state index in [9.17, 15) is 0 Å². The van der Waals surface area contributed by atoms with E-state index in [0.29, 0.717) is 0 Å². The van der Waals surface area contributed by atoms with E-state index in [1.54, 1.807) is 0 Å². The molecule has 0 radical (unpaired) electrons. The Kier molecular flexibility index (Phi) is 59.7. The van der Waals surface area contributed by atoms with Gasteiger partial charge in [0.15, 0.2) is 0 Å². The smallest absolute Gasteiger partial charge is 0.0422 e. The van der Waals surface area contributed by atoms with Gasteiger partial charge in [-0.2, -0.15) is 0 Å². The molecule has 0 fully saturated rings. The van der Waals surface area contributed by atoms with Crippen LogP contribution in [0.5, 0.6) is 0 Å². The van der Waals surface area contributed by atoms with Gasteiger partial charge in [0.2, 0.25) is 0 Å².